The van der Waals surface area contributed by atoms with Crippen LogP contribution in [0.1, 0.15) is 30.9 Å². The van der Waals surface area contributed by atoms with Crippen LogP contribution in [0.3, 0.4) is 0 Å². The van der Waals surface area contributed by atoms with Crippen LogP contribution in [0.25, 0.3) is 0 Å². The van der Waals surface area contributed by atoms with Crippen LogP contribution >= 0.6 is 11.6 Å². The molecule has 1 N–H and O–H groups in total. The first kappa shape index (κ1) is 16.8. The molecule has 0 saturated heterocycles. The number of hydrogen-bond donors (Lipinski definition) is 1. The summed E-state index contributed by atoms with van der Waals surface area (Å²) in [6.45, 7) is 4.73. The predicted octanol–water partition coefficient (Wildman–Crippen LogP) is 5.48. The van der Waals surface area contributed by atoms with Crippen molar-refractivity contribution in [2.45, 2.75) is 39.3 Å². The van der Waals surface area contributed by atoms with Crippen LogP contribution in [0.2, 0.25) is 5.02 Å². The second-order valence-corrected chi connectivity index (χ2v) is 7.02. The van der Waals surface area contributed by atoms with Gasteiger partial charge in [0, 0.05) is 23.3 Å². The number of hydrogen-bond acceptors (Lipinski definition) is 1. The monoisotopic (exact) mass is 342 g/mol. The van der Waals surface area contributed by atoms with Gasteiger partial charge in [0.05, 0.1) is 0 Å². The molecule has 1 fully saturated rings. The van der Waals surface area contributed by atoms with Crippen LogP contribution in [0.5, 0.6) is 0 Å². The maximum atomic E-state index is 12.9. The van der Waals surface area contributed by atoms with Crippen LogP contribution in [-0.4, -0.2) is 17.0 Å². The summed E-state index contributed by atoms with van der Waals surface area (Å²) in [6.07, 6.45) is 2.41. The standard InChI is InChI=1S/C20H23ClN2O/c1-14-8-11-18(21)12-19(14)22-20(24)23(15(2)17-9-10-17)13-16-6-4-3-5-7-16/h3-8,11-12,15,17H,9-10,13H2,1-2H3,(H,22,24). The highest BCUT2D eigenvalue weighted by Gasteiger charge is 2.34. The normalized spacial score (nSPS) is 15.0. The molecule has 126 valence electrons. The Kier molecular flexibility index (Phi) is 5.10. The van der Waals surface area contributed by atoms with Crippen molar-refractivity contribution < 1.29 is 4.79 Å². The fourth-order valence-corrected chi connectivity index (χ4v) is 3.10. The first-order valence-corrected chi connectivity index (χ1v) is 8.80. The zero-order valence-electron chi connectivity index (χ0n) is 14.1. The second-order valence-electron chi connectivity index (χ2n) is 6.58. The Morgan fingerprint density at radius 3 is 2.62 bits per heavy atom. The minimum Gasteiger partial charge on any atom is -0.317 e. The zero-order chi connectivity index (χ0) is 17.1. The van der Waals surface area contributed by atoms with Crippen molar-refractivity contribution in [1.29, 1.82) is 0 Å². The van der Waals surface area contributed by atoms with Crippen LogP contribution in [0, 0.1) is 12.8 Å². The van der Waals surface area contributed by atoms with Gasteiger partial charge in [0.1, 0.15) is 0 Å². The lowest BCUT2D eigenvalue weighted by atomic mass is 10.1. The molecule has 1 aliphatic rings. The maximum absolute atomic E-state index is 12.9. The van der Waals surface area contributed by atoms with Crippen LogP contribution < -0.4 is 5.32 Å². The highest BCUT2D eigenvalue weighted by molar-refractivity contribution is 6.31. The summed E-state index contributed by atoms with van der Waals surface area (Å²) in [5, 5.41) is 3.66. The summed E-state index contributed by atoms with van der Waals surface area (Å²) in [5.41, 5.74) is 2.92. The molecule has 0 heterocycles. The Bertz CT molecular complexity index is 713. The molecule has 0 bridgehead atoms. The van der Waals surface area contributed by atoms with Gasteiger partial charge in [0.2, 0.25) is 0 Å². The van der Waals surface area contributed by atoms with Crippen molar-refractivity contribution in [2.75, 3.05) is 5.32 Å². The van der Waals surface area contributed by atoms with E-state index in [-0.39, 0.29) is 12.1 Å². The first-order valence-electron chi connectivity index (χ1n) is 8.42. The number of anilines is 1. The van der Waals surface area contributed by atoms with Gasteiger partial charge in [0.15, 0.2) is 0 Å². The predicted molar refractivity (Wildman–Crippen MR) is 99.4 cm³/mol. The quantitative estimate of drug-likeness (QED) is 0.766. The van der Waals surface area contributed by atoms with Gasteiger partial charge in [0.25, 0.3) is 0 Å². The Hall–Kier alpha value is -2.00. The third-order valence-electron chi connectivity index (χ3n) is 4.69. The van der Waals surface area contributed by atoms with Gasteiger partial charge >= 0.3 is 6.03 Å². The van der Waals surface area contributed by atoms with Gasteiger partial charge < -0.3 is 10.2 Å². The van der Waals surface area contributed by atoms with Crippen LogP contribution in [0.4, 0.5) is 10.5 Å². The summed E-state index contributed by atoms with van der Waals surface area (Å²) in [7, 11) is 0. The van der Waals surface area contributed by atoms with E-state index in [2.05, 4.69) is 24.4 Å². The largest absolute Gasteiger partial charge is 0.322 e. The molecule has 1 saturated carbocycles. The number of urea groups is 1. The minimum absolute atomic E-state index is 0.0661. The topological polar surface area (TPSA) is 32.3 Å². The number of benzene rings is 2. The van der Waals surface area contributed by atoms with Crippen molar-refractivity contribution in [1.82, 2.24) is 4.90 Å². The number of rotatable bonds is 5. The second kappa shape index (κ2) is 7.27. The summed E-state index contributed by atoms with van der Waals surface area (Å²) >= 11 is 6.07. The SMILES string of the molecule is Cc1ccc(Cl)cc1NC(=O)N(Cc1ccccc1)C(C)C1CC1. The number of nitrogens with one attached hydrogen (secondary N) is 1. The summed E-state index contributed by atoms with van der Waals surface area (Å²) in [5.74, 6) is 0.611. The van der Waals surface area contributed by atoms with Crippen LogP contribution in [-0.2, 0) is 6.54 Å². The fourth-order valence-electron chi connectivity index (χ4n) is 2.93. The Balaban J connectivity index is 1.79. The molecule has 1 aliphatic carbocycles. The Labute approximate surface area is 148 Å². The number of amides is 2. The van der Waals surface area contributed by atoms with E-state index in [9.17, 15) is 4.79 Å². The lowest BCUT2D eigenvalue weighted by Gasteiger charge is -2.30. The molecule has 3 rings (SSSR count). The highest BCUT2D eigenvalue weighted by Crippen LogP contribution is 2.36. The van der Waals surface area contributed by atoms with Crippen molar-refractivity contribution in [3.05, 3.63) is 64.7 Å². The number of halogens is 1. The number of nitrogens with zero attached hydrogens (tertiary/aromatic N) is 1. The van der Waals surface area contributed by atoms with Crippen molar-refractivity contribution in [2.24, 2.45) is 5.92 Å². The van der Waals surface area contributed by atoms with E-state index in [1.807, 2.05) is 42.2 Å². The van der Waals surface area contributed by atoms with E-state index in [4.69, 9.17) is 11.6 Å². The van der Waals surface area contributed by atoms with Gasteiger partial charge in [-0.1, -0.05) is 48.0 Å². The number of carbonyl (C=O) groups is 1. The molecule has 0 aliphatic heterocycles. The van der Waals surface area contributed by atoms with Crippen molar-refractivity contribution >= 4 is 23.3 Å². The van der Waals surface area contributed by atoms with Gasteiger partial charge in [-0.3, -0.25) is 0 Å². The molecule has 3 nitrogen and oxygen atoms in total. The molecule has 0 spiro atoms. The highest BCUT2D eigenvalue weighted by atomic mass is 35.5. The smallest absolute Gasteiger partial charge is 0.317 e. The molecule has 0 radical (unpaired) electrons. The Morgan fingerprint density at radius 1 is 1.25 bits per heavy atom. The van der Waals surface area contributed by atoms with E-state index in [1.165, 1.54) is 12.8 Å². The molecule has 1 atom stereocenters. The van der Waals surface area contributed by atoms with Gasteiger partial charge in [-0.2, -0.15) is 0 Å². The van der Waals surface area contributed by atoms with Gasteiger partial charge in [-0.05, 0) is 55.9 Å². The third-order valence-corrected chi connectivity index (χ3v) is 4.93. The molecule has 2 aromatic carbocycles. The molecule has 2 aromatic rings. The molecule has 4 heteroatoms. The first-order chi connectivity index (χ1) is 11.5. The number of carbonyl (C=O) groups excluding carboxylic acids is 1. The average Bonchev–Trinajstić information content (AvgIpc) is 3.41. The van der Waals surface area contributed by atoms with Gasteiger partial charge in [-0.15, -0.1) is 0 Å². The zero-order valence-corrected chi connectivity index (χ0v) is 14.9. The summed E-state index contributed by atoms with van der Waals surface area (Å²) < 4.78 is 0. The van der Waals surface area contributed by atoms with Crippen molar-refractivity contribution in [3.8, 4) is 0 Å². The lowest BCUT2D eigenvalue weighted by Crippen LogP contribution is -2.42. The van der Waals surface area contributed by atoms with E-state index in [0.717, 1.165) is 16.8 Å². The fraction of sp³-hybridized carbons (Fsp3) is 0.350. The van der Waals surface area contributed by atoms with Gasteiger partial charge in [-0.25, -0.2) is 4.79 Å². The van der Waals surface area contributed by atoms with E-state index >= 15 is 0 Å². The van der Waals surface area contributed by atoms with Crippen molar-refractivity contribution in [3.63, 3.8) is 0 Å². The van der Waals surface area contributed by atoms with E-state index < -0.39 is 0 Å². The molecule has 0 aromatic heterocycles. The lowest BCUT2D eigenvalue weighted by molar-refractivity contribution is 0.180. The third kappa shape index (κ3) is 4.09. The van der Waals surface area contributed by atoms with E-state index in [1.54, 1.807) is 6.07 Å². The van der Waals surface area contributed by atoms with Crippen LogP contribution in [0.15, 0.2) is 48.5 Å². The summed E-state index contributed by atoms with van der Waals surface area (Å²) in [6, 6.07) is 15.8. The van der Waals surface area contributed by atoms with E-state index in [0.29, 0.717) is 17.5 Å². The molecule has 2 amide bonds. The summed E-state index contributed by atoms with van der Waals surface area (Å²) in [4.78, 5) is 14.9. The number of aryl methyl sites for hydroxylation is 1. The molecular formula is C20H23ClN2O. The maximum Gasteiger partial charge on any atom is 0.322 e. The average molecular weight is 343 g/mol. The Morgan fingerprint density at radius 2 is 1.96 bits per heavy atom. The molecule has 24 heavy (non-hydrogen) atoms. The minimum atomic E-state index is -0.0661. The molecule has 1 unspecified atom stereocenters. The molecular weight excluding hydrogens is 320 g/mol.